The number of amides is 2. The maximum absolute atomic E-state index is 10.4. The molecule has 4 nitrogen and oxygen atoms in total. The number of primary amides is 1. The van der Waals surface area contributed by atoms with Crippen LogP contribution in [-0.2, 0) is 4.74 Å². The van der Waals surface area contributed by atoms with Crippen LogP contribution in [0.1, 0.15) is 13.3 Å². The fourth-order valence-corrected chi connectivity index (χ4v) is 0.861. The number of hydrogen-bond acceptors (Lipinski definition) is 2. The number of urea groups is 1. The number of nitrogens with two attached hydrogens (primary N) is 1. The Kier molecular flexibility index (Phi) is 1.53. The quantitative estimate of drug-likeness (QED) is 0.553. The normalized spacial score (nSPS) is 29.7. The van der Waals surface area contributed by atoms with Crippen LogP contribution in [0.3, 0.4) is 0 Å². The van der Waals surface area contributed by atoms with Crippen molar-refractivity contribution in [2.45, 2.75) is 19.1 Å². The minimum Gasteiger partial charge on any atom is -0.476 e. The van der Waals surface area contributed by atoms with Gasteiger partial charge in [0.25, 0.3) is 0 Å². The van der Waals surface area contributed by atoms with Crippen molar-refractivity contribution in [1.82, 2.24) is 5.32 Å². The minimum atomic E-state index is -0.619. The van der Waals surface area contributed by atoms with Crippen LogP contribution in [0.2, 0.25) is 0 Å². The van der Waals surface area contributed by atoms with Gasteiger partial charge in [-0.3, -0.25) is 0 Å². The number of hydrogen-bond donors (Lipinski definition) is 2. The third-order valence-electron chi connectivity index (χ3n) is 1.32. The molecule has 1 aliphatic rings. The monoisotopic (exact) mass is 142 g/mol. The van der Waals surface area contributed by atoms with Gasteiger partial charge in [-0.05, 0) is 13.0 Å². The van der Waals surface area contributed by atoms with Gasteiger partial charge in [0.15, 0.2) is 5.72 Å². The zero-order valence-corrected chi connectivity index (χ0v) is 5.76. The van der Waals surface area contributed by atoms with Gasteiger partial charge in [-0.25, -0.2) is 4.79 Å². The van der Waals surface area contributed by atoms with Crippen molar-refractivity contribution in [3.63, 3.8) is 0 Å². The van der Waals surface area contributed by atoms with Crippen molar-refractivity contribution < 1.29 is 9.53 Å². The molecule has 10 heavy (non-hydrogen) atoms. The Labute approximate surface area is 59.0 Å². The molecule has 1 heterocycles. The first-order valence-corrected chi connectivity index (χ1v) is 3.03. The highest BCUT2D eigenvalue weighted by molar-refractivity contribution is 5.72. The maximum atomic E-state index is 10.4. The molecule has 0 saturated heterocycles. The van der Waals surface area contributed by atoms with Gasteiger partial charge in [0.1, 0.15) is 0 Å². The average Bonchev–Trinajstić information content (AvgIpc) is 2.12. The molecule has 0 aliphatic carbocycles. The summed E-state index contributed by atoms with van der Waals surface area (Å²) in [5.74, 6) is 0. The lowest BCUT2D eigenvalue weighted by atomic mass is 10.2. The van der Waals surface area contributed by atoms with Crippen LogP contribution in [-0.4, -0.2) is 11.8 Å². The molecule has 3 N–H and O–H groups in total. The minimum absolute atomic E-state index is 0.564. The summed E-state index contributed by atoms with van der Waals surface area (Å²) in [7, 11) is 0. The van der Waals surface area contributed by atoms with Crippen LogP contribution in [0.15, 0.2) is 12.3 Å². The van der Waals surface area contributed by atoms with Crippen LogP contribution in [0, 0.1) is 0 Å². The lowest BCUT2D eigenvalue weighted by Crippen LogP contribution is -2.47. The van der Waals surface area contributed by atoms with E-state index in [1.165, 1.54) is 0 Å². The molecule has 0 spiro atoms. The largest absolute Gasteiger partial charge is 0.476 e. The van der Waals surface area contributed by atoms with Gasteiger partial charge in [0.05, 0.1) is 6.26 Å². The standard InChI is InChI=1S/C6H10N2O2/c1-6(8-5(7)9)3-2-4-10-6/h2,4H,3H2,1H3,(H3,7,8,9). The first-order chi connectivity index (χ1) is 4.62. The Balaban J connectivity index is 2.46. The van der Waals surface area contributed by atoms with Crippen molar-refractivity contribution in [2.75, 3.05) is 0 Å². The molecule has 1 rings (SSSR count). The van der Waals surface area contributed by atoms with Gasteiger partial charge in [0.2, 0.25) is 0 Å². The topological polar surface area (TPSA) is 64.3 Å². The van der Waals surface area contributed by atoms with Crippen molar-refractivity contribution in [2.24, 2.45) is 5.73 Å². The Hall–Kier alpha value is -1.19. The lowest BCUT2D eigenvalue weighted by Gasteiger charge is -2.23. The number of nitrogens with one attached hydrogen (secondary N) is 1. The number of ether oxygens (including phenoxy) is 1. The van der Waals surface area contributed by atoms with Crippen molar-refractivity contribution in [1.29, 1.82) is 0 Å². The molecular weight excluding hydrogens is 132 g/mol. The van der Waals surface area contributed by atoms with Gasteiger partial charge < -0.3 is 15.8 Å². The molecule has 2 amide bonds. The zero-order chi connectivity index (χ0) is 7.61. The van der Waals surface area contributed by atoms with Crippen molar-refractivity contribution in [3.05, 3.63) is 12.3 Å². The van der Waals surface area contributed by atoms with E-state index in [0.29, 0.717) is 6.42 Å². The SMILES string of the molecule is CC1(NC(N)=O)CC=CO1. The fourth-order valence-electron chi connectivity index (χ4n) is 0.861. The van der Waals surface area contributed by atoms with E-state index in [0.717, 1.165) is 0 Å². The Morgan fingerprint density at radius 1 is 1.90 bits per heavy atom. The smallest absolute Gasteiger partial charge is 0.315 e. The number of rotatable bonds is 1. The van der Waals surface area contributed by atoms with Gasteiger partial charge in [-0.2, -0.15) is 0 Å². The molecule has 0 fully saturated rings. The first-order valence-electron chi connectivity index (χ1n) is 3.03. The summed E-state index contributed by atoms with van der Waals surface area (Å²) < 4.78 is 5.06. The second-order valence-corrected chi connectivity index (χ2v) is 2.41. The molecule has 0 bridgehead atoms. The lowest BCUT2D eigenvalue weighted by molar-refractivity contribution is 0.0411. The van der Waals surface area contributed by atoms with E-state index in [4.69, 9.17) is 10.5 Å². The molecule has 56 valence electrons. The van der Waals surface area contributed by atoms with E-state index in [9.17, 15) is 4.79 Å². The van der Waals surface area contributed by atoms with Crippen molar-refractivity contribution in [3.8, 4) is 0 Å². The maximum Gasteiger partial charge on any atom is 0.315 e. The van der Waals surface area contributed by atoms with Crippen LogP contribution < -0.4 is 11.1 Å². The molecule has 1 unspecified atom stereocenters. The Morgan fingerprint density at radius 2 is 2.60 bits per heavy atom. The van der Waals surface area contributed by atoms with Crippen LogP contribution in [0.25, 0.3) is 0 Å². The molecule has 0 aromatic heterocycles. The first kappa shape index (κ1) is 6.92. The summed E-state index contributed by atoms with van der Waals surface area (Å²) >= 11 is 0. The van der Waals surface area contributed by atoms with Gasteiger partial charge in [-0.15, -0.1) is 0 Å². The van der Waals surface area contributed by atoms with E-state index in [-0.39, 0.29) is 0 Å². The predicted octanol–water partition coefficient (Wildman–Crippen LogP) is 0.305. The second kappa shape index (κ2) is 2.21. The third-order valence-corrected chi connectivity index (χ3v) is 1.32. The van der Waals surface area contributed by atoms with Gasteiger partial charge >= 0.3 is 6.03 Å². The molecule has 0 saturated carbocycles. The van der Waals surface area contributed by atoms with E-state index in [1.54, 1.807) is 13.2 Å². The highest BCUT2D eigenvalue weighted by Crippen LogP contribution is 2.18. The van der Waals surface area contributed by atoms with Crippen LogP contribution >= 0.6 is 0 Å². The summed E-state index contributed by atoms with van der Waals surface area (Å²) in [6.07, 6.45) is 4.04. The summed E-state index contributed by atoms with van der Waals surface area (Å²) in [5, 5.41) is 2.47. The van der Waals surface area contributed by atoms with E-state index in [2.05, 4.69) is 5.32 Å². The molecule has 4 heteroatoms. The highest BCUT2D eigenvalue weighted by atomic mass is 16.5. The van der Waals surface area contributed by atoms with Gasteiger partial charge in [-0.1, -0.05) is 0 Å². The van der Waals surface area contributed by atoms with Crippen LogP contribution in [0.5, 0.6) is 0 Å². The van der Waals surface area contributed by atoms with Gasteiger partial charge in [0, 0.05) is 6.42 Å². The molecule has 0 aromatic carbocycles. The Morgan fingerprint density at radius 3 is 3.00 bits per heavy atom. The van der Waals surface area contributed by atoms with Crippen molar-refractivity contribution >= 4 is 6.03 Å². The summed E-state index contributed by atoms with van der Waals surface area (Å²) in [6.45, 7) is 1.76. The molecule has 0 aromatic rings. The average molecular weight is 142 g/mol. The second-order valence-electron chi connectivity index (χ2n) is 2.41. The fraction of sp³-hybridized carbons (Fsp3) is 0.500. The van der Waals surface area contributed by atoms with E-state index >= 15 is 0 Å². The number of carbonyl (C=O) groups excluding carboxylic acids is 1. The van der Waals surface area contributed by atoms with Crippen LogP contribution in [0.4, 0.5) is 4.79 Å². The summed E-state index contributed by atoms with van der Waals surface area (Å²) in [4.78, 5) is 10.4. The summed E-state index contributed by atoms with van der Waals surface area (Å²) in [5.41, 5.74) is 4.28. The molecule has 1 aliphatic heterocycles. The molecular formula is C6H10N2O2. The zero-order valence-electron chi connectivity index (χ0n) is 5.76. The highest BCUT2D eigenvalue weighted by Gasteiger charge is 2.27. The Bertz CT molecular complexity index is 169. The molecule has 1 atom stereocenters. The van der Waals surface area contributed by atoms with E-state index in [1.807, 2.05) is 6.08 Å². The predicted molar refractivity (Wildman–Crippen MR) is 36.0 cm³/mol. The summed E-state index contributed by atoms with van der Waals surface area (Å²) in [6, 6.07) is -0.564. The molecule has 0 radical (unpaired) electrons. The third kappa shape index (κ3) is 1.40. The van der Waals surface area contributed by atoms with E-state index < -0.39 is 11.8 Å². The number of carbonyl (C=O) groups is 1.